The number of benzene rings is 2. The van der Waals surface area contributed by atoms with E-state index in [9.17, 15) is 9.50 Å². The summed E-state index contributed by atoms with van der Waals surface area (Å²) < 4.78 is 13.5. The summed E-state index contributed by atoms with van der Waals surface area (Å²) in [6, 6.07) is 16.2. The first kappa shape index (κ1) is 14.0. The van der Waals surface area contributed by atoms with E-state index in [1.54, 1.807) is 24.4 Å². The predicted octanol–water partition coefficient (Wildman–Crippen LogP) is 4.20. The van der Waals surface area contributed by atoms with E-state index in [1.165, 1.54) is 17.8 Å². The minimum absolute atomic E-state index is 0.255. The summed E-state index contributed by atoms with van der Waals surface area (Å²) in [4.78, 5) is 4.83. The molecule has 1 aromatic heterocycles. The van der Waals surface area contributed by atoms with Gasteiger partial charge in [0.15, 0.2) is 0 Å². The fourth-order valence-electron chi connectivity index (χ4n) is 2.12. The third-order valence-corrected chi connectivity index (χ3v) is 4.37. The highest BCUT2D eigenvalue weighted by Crippen LogP contribution is 2.27. The van der Waals surface area contributed by atoms with E-state index in [1.807, 2.05) is 30.3 Å². The van der Waals surface area contributed by atoms with Gasteiger partial charge in [0.25, 0.3) is 0 Å². The van der Waals surface area contributed by atoms with Crippen LogP contribution in [0, 0.1) is 5.82 Å². The average molecular weight is 299 g/mol. The molecule has 0 saturated heterocycles. The molecule has 1 N–H and O–H groups in total. The van der Waals surface area contributed by atoms with E-state index < -0.39 is 6.10 Å². The van der Waals surface area contributed by atoms with Gasteiger partial charge < -0.3 is 5.11 Å². The van der Waals surface area contributed by atoms with Crippen LogP contribution in [0.25, 0.3) is 10.9 Å². The molecular formula is C17H14FNOS. The second-order valence-electron chi connectivity index (χ2n) is 4.71. The number of pyridine rings is 1. The van der Waals surface area contributed by atoms with Crippen molar-refractivity contribution in [3.8, 4) is 0 Å². The number of aromatic nitrogens is 1. The Balaban J connectivity index is 1.75. The molecule has 1 atom stereocenters. The van der Waals surface area contributed by atoms with Crippen LogP contribution in [0.5, 0.6) is 0 Å². The molecule has 0 aliphatic heterocycles. The zero-order valence-electron chi connectivity index (χ0n) is 11.2. The summed E-state index contributed by atoms with van der Waals surface area (Å²) >= 11 is 1.31. The summed E-state index contributed by atoms with van der Waals surface area (Å²) in [6.45, 7) is 0. The second kappa shape index (κ2) is 6.24. The van der Waals surface area contributed by atoms with E-state index in [0.717, 1.165) is 16.5 Å². The minimum Gasteiger partial charge on any atom is -0.388 e. The van der Waals surface area contributed by atoms with Crippen molar-refractivity contribution in [1.82, 2.24) is 4.98 Å². The Labute approximate surface area is 126 Å². The molecule has 21 heavy (non-hydrogen) atoms. The molecular weight excluding hydrogens is 285 g/mol. The lowest BCUT2D eigenvalue weighted by Crippen LogP contribution is -2.01. The van der Waals surface area contributed by atoms with Gasteiger partial charge in [0.05, 0.1) is 11.6 Å². The standard InChI is InChI=1S/C17H14FNOS/c18-14-5-1-2-6-17(14)21-11-16(20)13-8-7-12-4-3-9-19-15(12)10-13/h1-10,16,20H,11H2. The van der Waals surface area contributed by atoms with Crippen molar-refractivity contribution in [1.29, 1.82) is 0 Å². The third kappa shape index (κ3) is 3.23. The van der Waals surface area contributed by atoms with E-state index in [-0.39, 0.29) is 5.82 Å². The topological polar surface area (TPSA) is 33.1 Å². The smallest absolute Gasteiger partial charge is 0.136 e. The monoisotopic (exact) mass is 299 g/mol. The van der Waals surface area contributed by atoms with Crippen LogP contribution in [-0.4, -0.2) is 15.8 Å². The lowest BCUT2D eigenvalue weighted by Gasteiger charge is -2.11. The molecule has 3 aromatic rings. The lowest BCUT2D eigenvalue weighted by atomic mass is 10.1. The van der Waals surface area contributed by atoms with Crippen LogP contribution in [0.3, 0.4) is 0 Å². The zero-order valence-corrected chi connectivity index (χ0v) is 12.1. The maximum Gasteiger partial charge on any atom is 0.136 e. The van der Waals surface area contributed by atoms with Crippen LogP contribution >= 0.6 is 11.8 Å². The molecule has 0 bridgehead atoms. The molecule has 4 heteroatoms. The quantitative estimate of drug-likeness (QED) is 0.733. The molecule has 0 aliphatic rings. The Hall–Kier alpha value is -1.91. The first-order chi connectivity index (χ1) is 10.2. The Bertz CT molecular complexity index is 762. The predicted molar refractivity (Wildman–Crippen MR) is 83.8 cm³/mol. The van der Waals surface area contributed by atoms with E-state index in [0.29, 0.717) is 10.6 Å². The Kier molecular flexibility index (Phi) is 4.18. The van der Waals surface area contributed by atoms with Crippen molar-refractivity contribution in [2.75, 3.05) is 5.75 Å². The van der Waals surface area contributed by atoms with Crippen molar-refractivity contribution in [2.45, 2.75) is 11.0 Å². The van der Waals surface area contributed by atoms with Gasteiger partial charge in [-0.2, -0.15) is 0 Å². The summed E-state index contributed by atoms with van der Waals surface area (Å²) in [5.41, 5.74) is 1.65. The number of hydrogen-bond donors (Lipinski definition) is 1. The average Bonchev–Trinajstić information content (AvgIpc) is 2.53. The van der Waals surface area contributed by atoms with Crippen molar-refractivity contribution in [3.63, 3.8) is 0 Å². The molecule has 106 valence electrons. The molecule has 0 amide bonds. The summed E-state index contributed by atoms with van der Waals surface area (Å²) in [5.74, 6) is 0.147. The maximum absolute atomic E-state index is 13.5. The summed E-state index contributed by atoms with van der Waals surface area (Å²) in [5, 5.41) is 11.3. The number of aliphatic hydroxyl groups excluding tert-OH is 1. The van der Waals surface area contributed by atoms with Gasteiger partial charge in [0.1, 0.15) is 5.82 Å². The number of hydrogen-bond acceptors (Lipinski definition) is 3. The van der Waals surface area contributed by atoms with Gasteiger partial charge in [-0.05, 0) is 29.8 Å². The first-order valence-electron chi connectivity index (χ1n) is 6.64. The van der Waals surface area contributed by atoms with Crippen LogP contribution in [-0.2, 0) is 0 Å². The van der Waals surface area contributed by atoms with E-state index in [2.05, 4.69) is 4.98 Å². The number of aliphatic hydroxyl groups is 1. The Morgan fingerprint density at radius 2 is 1.95 bits per heavy atom. The lowest BCUT2D eigenvalue weighted by molar-refractivity contribution is 0.204. The molecule has 0 fully saturated rings. The maximum atomic E-state index is 13.5. The summed E-state index contributed by atoms with van der Waals surface area (Å²) in [6.07, 6.45) is 1.08. The van der Waals surface area contributed by atoms with Crippen LogP contribution in [0.2, 0.25) is 0 Å². The minimum atomic E-state index is -0.652. The van der Waals surface area contributed by atoms with Crippen LogP contribution < -0.4 is 0 Å². The van der Waals surface area contributed by atoms with Crippen LogP contribution in [0.1, 0.15) is 11.7 Å². The van der Waals surface area contributed by atoms with Crippen molar-refractivity contribution >= 4 is 22.7 Å². The van der Waals surface area contributed by atoms with Crippen molar-refractivity contribution in [3.05, 3.63) is 72.2 Å². The Morgan fingerprint density at radius 3 is 2.81 bits per heavy atom. The van der Waals surface area contributed by atoms with Crippen molar-refractivity contribution < 1.29 is 9.50 Å². The molecule has 0 saturated carbocycles. The normalized spacial score (nSPS) is 12.5. The number of nitrogens with zero attached hydrogens (tertiary/aromatic N) is 1. The number of thioether (sulfide) groups is 1. The van der Waals surface area contributed by atoms with Gasteiger partial charge in [-0.25, -0.2) is 4.39 Å². The van der Waals surface area contributed by atoms with Gasteiger partial charge >= 0.3 is 0 Å². The molecule has 2 nitrogen and oxygen atoms in total. The first-order valence-corrected chi connectivity index (χ1v) is 7.63. The third-order valence-electron chi connectivity index (χ3n) is 3.25. The SMILES string of the molecule is OC(CSc1ccccc1F)c1ccc2cccnc2c1. The largest absolute Gasteiger partial charge is 0.388 e. The molecule has 2 aromatic carbocycles. The number of fused-ring (bicyclic) bond motifs is 1. The second-order valence-corrected chi connectivity index (χ2v) is 5.77. The van der Waals surface area contributed by atoms with Gasteiger partial charge in [0.2, 0.25) is 0 Å². The number of rotatable bonds is 4. The van der Waals surface area contributed by atoms with Crippen LogP contribution in [0.15, 0.2) is 65.7 Å². The fraction of sp³-hybridized carbons (Fsp3) is 0.118. The molecule has 0 radical (unpaired) electrons. The van der Waals surface area contributed by atoms with Crippen molar-refractivity contribution in [2.24, 2.45) is 0 Å². The van der Waals surface area contributed by atoms with Gasteiger partial charge in [0, 0.05) is 22.2 Å². The zero-order chi connectivity index (χ0) is 14.7. The molecule has 0 aliphatic carbocycles. The summed E-state index contributed by atoms with van der Waals surface area (Å²) in [7, 11) is 0. The highest BCUT2D eigenvalue weighted by Gasteiger charge is 2.11. The van der Waals surface area contributed by atoms with Gasteiger partial charge in [-0.3, -0.25) is 4.98 Å². The highest BCUT2D eigenvalue weighted by atomic mass is 32.2. The van der Waals surface area contributed by atoms with Gasteiger partial charge in [-0.15, -0.1) is 11.8 Å². The molecule has 1 heterocycles. The van der Waals surface area contributed by atoms with Gasteiger partial charge in [-0.1, -0.05) is 30.3 Å². The fourth-order valence-corrected chi connectivity index (χ4v) is 3.03. The molecule has 1 unspecified atom stereocenters. The molecule has 0 spiro atoms. The number of halogens is 1. The van der Waals surface area contributed by atoms with Crippen LogP contribution in [0.4, 0.5) is 4.39 Å². The molecule has 3 rings (SSSR count). The Morgan fingerprint density at radius 1 is 1.10 bits per heavy atom. The van der Waals surface area contributed by atoms with E-state index in [4.69, 9.17) is 0 Å². The highest BCUT2D eigenvalue weighted by molar-refractivity contribution is 7.99. The van der Waals surface area contributed by atoms with E-state index >= 15 is 0 Å².